The molecule has 8 heteroatoms. The van der Waals surface area contributed by atoms with Gasteiger partial charge in [-0.15, -0.1) is 0 Å². The molecule has 0 aromatic carbocycles. The van der Waals surface area contributed by atoms with Crippen molar-refractivity contribution in [3.8, 4) is 0 Å². The first-order chi connectivity index (χ1) is 14.8. The number of hydrogen-bond acceptors (Lipinski definition) is 5. The van der Waals surface area contributed by atoms with Crippen LogP contribution in [0.1, 0.15) is 73.1 Å². The molecule has 1 saturated heterocycles. The second kappa shape index (κ2) is 16.1. The summed E-state index contributed by atoms with van der Waals surface area (Å²) < 4.78 is 16.6. The molecule has 0 spiro atoms. The molecule has 1 unspecified atom stereocenters. The van der Waals surface area contributed by atoms with E-state index in [1.54, 1.807) is 0 Å². The Bertz CT molecular complexity index is 502. The SMILES string of the molecule is CCCCC(CNC(=O)OC(C)(C)C)NC(=NCCCOCC1CCOCC1)NCC. The van der Waals surface area contributed by atoms with Gasteiger partial charge in [0.05, 0.1) is 0 Å². The van der Waals surface area contributed by atoms with Crippen molar-refractivity contribution >= 4 is 12.1 Å². The molecule has 31 heavy (non-hydrogen) atoms. The number of nitrogens with one attached hydrogen (secondary N) is 3. The largest absolute Gasteiger partial charge is 0.444 e. The van der Waals surface area contributed by atoms with Gasteiger partial charge < -0.3 is 30.2 Å². The van der Waals surface area contributed by atoms with Crippen molar-refractivity contribution < 1.29 is 19.0 Å². The number of alkyl carbamates (subject to hydrolysis) is 1. The van der Waals surface area contributed by atoms with E-state index in [4.69, 9.17) is 14.2 Å². The zero-order chi connectivity index (χ0) is 23.0. The number of amides is 1. The van der Waals surface area contributed by atoms with Crippen molar-refractivity contribution in [1.82, 2.24) is 16.0 Å². The predicted molar refractivity (Wildman–Crippen MR) is 126 cm³/mol. The lowest BCUT2D eigenvalue weighted by atomic mass is 10.0. The number of carbonyl (C=O) groups is 1. The average Bonchev–Trinajstić information content (AvgIpc) is 2.72. The minimum Gasteiger partial charge on any atom is -0.444 e. The maximum absolute atomic E-state index is 12.0. The highest BCUT2D eigenvalue weighted by atomic mass is 16.6. The number of carbonyl (C=O) groups excluding carboxylic acids is 1. The molecule has 0 bridgehead atoms. The molecular weight excluding hydrogens is 396 g/mol. The van der Waals surface area contributed by atoms with Crippen LogP contribution in [0.3, 0.4) is 0 Å². The standard InChI is InChI=1S/C23H46N4O4/c1-6-8-10-20(17-26-22(28)31-23(3,4)5)27-21(24-7-2)25-13-9-14-30-18-19-11-15-29-16-12-19/h19-20H,6-18H2,1-5H3,(H,26,28)(H2,24,25,27). The van der Waals surface area contributed by atoms with Gasteiger partial charge in [0.15, 0.2) is 5.96 Å². The van der Waals surface area contributed by atoms with Gasteiger partial charge in [-0.25, -0.2) is 4.79 Å². The van der Waals surface area contributed by atoms with E-state index in [2.05, 4.69) is 27.9 Å². The summed E-state index contributed by atoms with van der Waals surface area (Å²) in [4.78, 5) is 16.7. The van der Waals surface area contributed by atoms with Crippen LogP contribution < -0.4 is 16.0 Å². The van der Waals surface area contributed by atoms with Gasteiger partial charge in [0.25, 0.3) is 0 Å². The molecule has 182 valence electrons. The first kappa shape index (κ1) is 27.5. The van der Waals surface area contributed by atoms with E-state index in [-0.39, 0.29) is 12.1 Å². The van der Waals surface area contributed by atoms with Crippen molar-refractivity contribution in [3.63, 3.8) is 0 Å². The Hall–Kier alpha value is -1.54. The molecule has 3 N–H and O–H groups in total. The van der Waals surface area contributed by atoms with Crippen molar-refractivity contribution in [1.29, 1.82) is 0 Å². The van der Waals surface area contributed by atoms with Gasteiger partial charge in [-0.1, -0.05) is 19.8 Å². The van der Waals surface area contributed by atoms with Crippen LogP contribution in [0, 0.1) is 5.92 Å². The number of ether oxygens (including phenoxy) is 3. The number of hydrogen-bond donors (Lipinski definition) is 3. The number of guanidine groups is 1. The van der Waals surface area contributed by atoms with Crippen LogP contribution >= 0.6 is 0 Å². The summed E-state index contributed by atoms with van der Waals surface area (Å²) in [6, 6.07) is 0.0926. The summed E-state index contributed by atoms with van der Waals surface area (Å²) >= 11 is 0. The molecule has 1 aliphatic heterocycles. The molecule has 1 heterocycles. The van der Waals surface area contributed by atoms with Crippen LogP contribution in [0.25, 0.3) is 0 Å². The first-order valence-corrected chi connectivity index (χ1v) is 12.0. The second-order valence-corrected chi connectivity index (χ2v) is 9.11. The molecule has 0 radical (unpaired) electrons. The molecule has 1 rings (SSSR count). The van der Waals surface area contributed by atoms with Crippen molar-refractivity contribution in [2.24, 2.45) is 10.9 Å². The van der Waals surface area contributed by atoms with Crippen molar-refractivity contribution in [2.75, 3.05) is 46.1 Å². The maximum atomic E-state index is 12.0. The van der Waals surface area contributed by atoms with Crippen LogP contribution in [-0.2, 0) is 14.2 Å². The summed E-state index contributed by atoms with van der Waals surface area (Å²) in [7, 11) is 0. The molecule has 1 atom stereocenters. The van der Waals surface area contributed by atoms with Gasteiger partial charge in [0.1, 0.15) is 5.60 Å². The fourth-order valence-electron chi connectivity index (χ4n) is 3.23. The van der Waals surface area contributed by atoms with E-state index in [9.17, 15) is 4.79 Å². The van der Waals surface area contributed by atoms with Crippen LogP contribution in [0.5, 0.6) is 0 Å². The van der Waals surface area contributed by atoms with E-state index >= 15 is 0 Å². The Kier molecular flexibility index (Phi) is 14.3. The molecule has 0 saturated carbocycles. The molecule has 0 aliphatic carbocycles. The second-order valence-electron chi connectivity index (χ2n) is 9.11. The van der Waals surface area contributed by atoms with Crippen molar-refractivity contribution in [2.45, 2.75) is 84.8 Å². The Balaban J connectivity index is 2.40. The lowest BCUT2D eigenvalue weighted by molar-refractivity contribution is 0.0205. The monoisotopic (exact) mass is 442 g/mol. The van der Waals surface area contributed by atoms with Gasteiger partial charge >= 0.3 is 6.09 Å². The molecule has 1 fully saturated rings. The lowest BCUT2D eigenvalue weighted by Gasteiger charge is -2.24. The van der Waals surface area contributed by atoms with Crippen molar-refractivity contribution in [3.05, 3.63) is 0 Å². The minimum absolute atomic E-state index is 0.0926. The minimum atomic E-state index is -0.500. The summed E-state index contributed by atoms with van der Waals surface area (Å²) in [5.74, 6) is 1.41. The third-order valence-corrected chi connectivity index (χ3v) is 4.89. The topological polar surface area (TPSA) is 93.2 Å². The zero-order valence-electron chi connectivity index (χ0n) is 20.4. The van der Waals surface area contributed by atoms with E-state index in [1.807, 2.05) is 27.7 Å². The highest BCUT2D eigenvalue weighted by Gasteiger charge is 2.18. The van der Waals surface area contributed by atoms with Gasteiger partial charge in [0, 0.05) is 52.1 Å². The molecule has 1 amide bonds. The Morgan fingerprint density at radius 3 is 2.55 bits per heavy atom. The molecule has 8 nitrogen and oxygen atoms in total. The van der Waals surface area contributed by atoms with Crippen LogP contribution in [-0.4, -0.2) is 69.8 Å². The van der Waals surface area contributed by atoms with E-state index in [0.29, 0.717) is 19.0 Å². The van der Waals surface area contributed by atoms with Gasteiger partial charge in [0.2, 0.25) is 0 Å². The van der Waals surface area contributed by atoms with E-state index in [1.165, 1.54) is 0 Å². The quantitative estimate of drug-likeness (QED) is 0.230. The zero-order valence-corrected chi connectivity index (χ0v) is 20.4. The number of aliphatic imine (C=N–C) groups is 1. The average molecular weight is 443 g/mol. The highest BCUT2D eigenvalue weighted by molar-refractivity contribution is 5.80. The Morgan fingerprint density at radius 1 is 1.16 bits per heavy atom. The number of unbranched alkanes of at least 4 members (excludes halogenated alkanes) is 1. The number of nitrogens with zero attached hydrogens (tertiary/aromatic N) is 1. The third-order valence-electron chi connectivity index (χ3n) is 4.89. The molecule has 0 aromatic heterocycles. The number of rotatable bonds is 13. The fourth-order valence-corrected chi connectivity index (χ4v) is 3.23. The summed E-state index contributed by atoms with van der Waals surface area (Å²) in [5, 5.41) is 9.64. The normalized spacial score (nSPS) is 16.6. The Morgan fingerprint density at radius 2 is 1.90 bits per heavy atom. The summed E-state index contributed by atoms with van der Waals surface area (Å²) in [6.07, 6.45) is 5.82. The predicted octanol–water partition coefficient (Wildman–Crippen LogP) is 3.46. The summed E-state index contributed by atoms with van der Waals surface area (Å²) in [6.45, 7) is 15.0. The van der Waals surface area contributed by atoms with Crippen LogP contribution in [0.15, 0.2) is 4.99 Å². The van der Waals surface area contributed by atoms with Crippen LogP contribution in [0.2, 0.25) is 0 Å². The first-order valence-electron chi connectivity index (χ1n) is 12.0. The van der Waals surface area contributed by atoms with Gasteiger partial charge in [-0.05, 0) is 59.3 Å². The molecular formula is C23H46N4O4. The fraction of sp³-hybridized carbons (Fsp3) is 0.913. The highest BCUT2D eigenvalue weighted by Crippen LogP contribution is 2.14. The van der Waals surface area contributed by atoms with E-state index in [0.717, 1.165) is 77.5 Å². The van der Waals surface area contributed by atoms with Gasteiger partial charge in [-0.3, -0.25) is 4.99 Å². The summed E-state index contributed by atoms with van der Waals surface area (Å²) in [5.41, 5.74) is -0.500. The third kappa shape index (κ3) is 15.0. The molecule has 1 aliphatic rings. The molecule has 0 aromatic rings. The van der Waals surface area contributed by atoms with E-state index < -0.39 is 5.60 Å². The smallest absolute Gasteiger partial charge is 0.407 e. The lowest BCUT2D eigenvalue weighted by Crippen LogP contribution is -2.49. The Labute approximate surface area is 189 Å². The maximum Gasteiger partial charge on any atom is 0.407 e. The van der Waals surface area contributed by atoms with Gasteiger partial charge in [-0.2, -0.15) is 0 Å². The van der Waals surface area contributed by atoms with Crippen LogP contribution in [0.4, 0.5) is 4.79 Å².